The third-order valence-corrected chi connectivity index (χ3v) is 5.79. The molecule has 9 nitrogen and oxygen atoms in total. The highest BCUT2D eigenvalue weighted by atomic mass is 35.5. The molecule has 0 aliphatic carbocycles. The number of amides is 2. The van der Waals surface area contributed by atoms with E-state index in [0.29, 0.717) is 45.3 Å². The van der Waals surface area contributed by atoms with Crippen LogP contribution in [0.3, 0.4) is 0 Å². The molecule has 2 N–H and O–H groups in total. The van der Waals surface area contributed by atoms with Crippen molar-refractivity contribution in [2.24, 2.45) is 0 Å². The smallest absolute Gasteiger partial charge is 0.251 e. The highest BCUT2D eigenvalue weighted by molar-refractivity contribution is 7.99. The summed E-state index contributed by atoms with van der Waals surface area (Å²) in [6.45, 7) is 2.89. The molecule has 2 aromatic carbocycles. The Bertz CT molecular complexity index is 1150. The molecule has 0 fully saturated rings. The lowest BCUT2D eigenvalue weighted by atomic mass is 10.2. The van der Waals surface area contributed by atoms with Gasteiger partial charge in [-0.2, -0.15) is 0 Å². The highest BCUT2D eigenvalue weighted by Crippen LogP contribution is 2.32. The fraction of sp³-hybridized carbons (Fsp3) is 0.238. The predicted octanol–water partition coefficient (Wildman–Crippen LogP) is 3.34. The molecule has 0 spiro atoms. The zero-order valence-electron chi connectivity index (χ0n) is 17.1. The van der Waals surface area contributed by atoms with Crippen LogP contribution in [0.15, 0.2) is 47.6 Å². The van der Waals surface area contributed by atoms with Gasteiger partial charge in [-0.05, 0) is 43.3 Å². The van der Waals surface area contributed by atoms with Gasteiger partial charge in [-0.3, -0.25) is 9.59 Å². The molecule has 0 radical (unpaired) electrons. The Morgan fingerprint density at radius 3 is 2.81 bits per heavy atom. The largest absolute Gasteiger partial charge is 0.454 e. The number of nitrogens with one attached hydrogen (secondary N) is 2. The lowest BCUT2D eigenvalue weighted by molar-refractivity contribution is -0.113. The van der Waals surface area contributed by atoms with Crippen molar-refractivity contribution in [2.75, 3.05) is 17.9 Å². The van der Waals surface area contributed by atoms with Crippen LogP contribution in [-0.4, -0.2) is 39.1 Å². The highest BCUT2D eigenvalue weighted by Gasteiger charge is 2.18. The van der Waals surface area contributed by atoms with Gasteiger partial charge in [0.05, 0.1) is 12.3 Å². The van der Waals surface area contributed by atoms with Crippen molar-refractivity contribution in [3.05, 3.63) is 58.9 Å². The predicted molar refractivity (Wildman–Crippen MR) is 120 cm³/mol. The molecule has 0 bridgehead atoms. The topological polar surface area (TPSA) is 107 Å². The molecule has 3 aromatic rings. The number of aromatic nitrogens is 3. The van der Waals surface area contributed by atoms with E-state index in [2.05, 4.69) is 20.8 Å². The SMILES string of the molecule is CCn1c(CNC(=O)c2ccc3c(c2)OCO3)nnc1SCC(=O)Nc1cccc(Cl)c1. The second-order valence-corrected chi connectivity index (χ2v) is 8.12. The number of carbonyl (C=O) groups excluding carboxylic acids is 2. The first-order valence-electron chi connectivity index (χ1n) is 9.81. The summed E-state index contributed by atoms with van der Waals surface area (Å²) in [4.78, 5) is 24.8. The minimum Gasteiger partial charge on any atom is -0.454 e. The molecule has 0 saturated heterocycles. The average molecular weight is 474 g/mol. The van der Waals surface area contributed by atoms with Crippen molar-refractivity contribution in [3.63, 3.8) is 0 Å². The number of rotatable bonds is 8. The standard InChI is InChI=1S/C21H20ClN5O4S/c1-2-27-18(10-23-20(29)13-6-7-16-17(8-13)31-12-30-16)25-26-21(27)32-11-19(28)24-15-5-3-4-14(22)9-15/h3-9H,2,10-12H2,1H3,(H,23,29)(H,24,28). The van der Waals surface area contributed by atoms with Gasteiger partial charge in [-0.25, -0.2) is 0 Å². The van der Waals surface area contributed by atoms with E-state index in [1.54, 1.807) is 42.5 Å². The van der Waals surface area contributed by atoms with Crippen molar-refractivity contribution in [1.29, 1.82) is 0 Å². The van der Waals surface area contributed by atoms with Crippen LogP contribution < -0.4 is 20.1 Å². The Morgan fingerprint density at radius 1 is 1.16 bits per heavy atom. The van der Waals surface area contributed by atoms with Crippen molar-refractivity contribution in [1.82, 2.24) is 20.1 Å². The normalized spacial score (nSPS) is 11.9. The van der Waals surface area contributed by atoms with Crippen molar-refractivity contribution < 1.29 is 19.1 Å². The van der Waals surface area contributed by atoms with E-state index in [1.807, 2.05) is 11.5 Å². The Hall–Kier alpha value is -3.24. The Labute approximate surface area is 193 Å². The molecule has 0 atom stereocenters. The van der Waals surface area contributed by atoms with Crippen molar-refractivity contribution >= 4 is 40.9 Å². The summed E-state index contributed by atoms with van der Waals surface area (Å²) in [5.74, 6) is 1.48. The first-order chi connectivity index (χ1) is 15.5. The summed E-state index contributed by atoms with van der Waals surface area (Å²) < 4.78 is 12.4. The number of nitrogens with zero attached hydrogens (tertiary/aromatic N) is 3. The van der Waals surface area contributed by atoms with Crippen LogP contribution in [0.2, 0.25) is 5.02 Å². The summed E-state index contributed by atoms with van der Waals surface area (Å²) in [6.07, 6.45) is 0. The lowest BCUT2D eigenvalue weighted by Gasteiger charge is -2.09. The summed E-state index contributed by atoms with van der Waals surface area (Å²) in [5.41, 5.74) is 1.09. The van der Waals surface area contributed by atoms with Crippen LogP contribution in [0.1, 0.15) is 23.1 Å². The van der Waals surface area contributed by atoms with E-state index in [-0.39, 0.29) is 30.9 Å². The van der Waals surface area contributed by atoms with Crippen molar-refractivity contribution in [2.45, 2.75) is 25.2 Å². The second-order valence-electron chi connectivity index (χ2n) is 6.74. The molecule has 32 heavy (non-hydrogen) atoms. The van der Waals surface area contributed by atoms with Crippen LogP contribution in [0, 0.1) is 0 Å². The first-order valence-corrected chi connectivity index (χ1v) is 11.2. The molecular weight excluding hydrogens is 454 g/mol. The first kappa shape index (κ1) is 22.0. The number of fused-ring (bicyclic) bond motifs is 1. The van der Waals surface area contributed by atoms with Gasteiger partial charge in [0.15, 0.2) is 22.5 Å². The minimum absolute atomic E-state index is 0.150. The molecule has 1 aliphatic rings. The quantitative estimate of drug-likeness (QED) is 0.483. The molecule has 0 unspecified atom stereocenters. The molecule has 0 saturated carbocycles. The monoisotopic (exact) mass is 473 g/mol. The average Bonchev–Trinajstić information content (AvgIpc) is 3.41. The van der Waals surface area contributed by atoms with Gasteiger partial charge in [0.2, 0.25) is 12.7 Å². The van der Waals surface area contributed by atoms with Crippen LogP contribution >= 0.6 is 23.4 Å². The zero-order valence-corrected chi connectivity index (χ0v) is 18.7. The number of hydrogen-bond acceptors (Lipinski definition) is 7. The van der Waals surface area contributed by atoms with E-state index in [0.717, 1.165) is 0 Å². The van der Waals surface area contributed by atoms with Gasteiger partial charge in [0, 0.05) is 22.8 Å². The van der Waals surface area contributed by atoms with Gasteiger partial charge in [-0.1, -0.05) is 29.4 Å². The number of halogens is 1. The van der Waals surface area contributed by atoms with Crippen LogP contribution in [0.4, 0.5) is 5.69 Å². The maximum atomic E-state index is 12.5. The molecular formula is C21H20ClN5O4S. The molecule has 1 aliphatic heterocycles. The maximum absolute atomic E-state index is 12.5. The molecule has 1 aromatic heterocycles. The van der Waals surface area contributed by atoms with E-state index >= 15 is 0 Å². The Morgan fingerprint density at radius 2 is 2.00 bits per heavy atom. The second kappa shape index (κ2) is 9.92. The molecule has 4 rings (SSSR count). The van der Waals surface area contributed by atoms with E-state index in [4.69, 9.17) is 21.1 Å². The van der Waals surface area contributed by atoms with Gasteiger partial charge in [0.25, 0.3) is 5.91 Å². The van der Waals surface area contributed by atoms with Crippen LogP contribution in [-0.2, 0) is 17.9 Å². The van der Waals surface area contributed by atoms with Gasteiger partial charge < -0.3 is 24.7 Å². The summed E-state index contributed by atoms with van der Waals surface area (Å²) in [7, 11) is 0. The summed E-state index contributed by atoms with van der Waals surface area (Å²) in [6, 6.07) is 12.0. The van der Waals surface area contributed by atoms with Gasteiger partial charge in [0.1, 0.15) is 0 Å². The third kappa shape index (κ3) is 5.14. The third-order valence-electron chi connectivity index (χ3n) is 4.59. The number of benzene rings is 2. The van der Waals surface area contributed by atoms with E-state index < -0.39 is 0 Å². The van der Waals surface area contributed by atoms with E-state index in [1.165, 1.54) is 11.8 Å². The fourth-order valence-corrected chi connectivity index (χ4v) is 4.08. The fourth-order valence-electron chi connectivity index (χ4n) is 3.07. The molecule has 2 heterocycles. The Balaban J connectivity index is 1.33. The molecule has 2 amide bonds. The minimum atomic E-state index is -0.260. The molecule has 11 heteroatoms. The Kier molecular flexibility index (Phi) is 6.81. The number of ether oxygens (including phenoxy) is 2. The summed E-state index contributed by atoms with van der Waals surface area (Å²) >= 11 is 7.21. The summed E-state index contributed by atoms with van der Waals surface area (Å²) in [5, 5.41) is 15.1. The van der Waals surface area contributed by atoms with Crippen molar-refractivity contribution in [3.8, 4) is 11.5 Å². The number of anilines is 1. The lowest BCUT2D eigenvalue weighted by Crippen LogP contribution is -2.24. The zero-order chi connectivity index (χ0) is 22.5. The van der Waals surface area contributed by atoms with Gasteiger partial charge >= 0.3 is 0 Å². The van der Waals surface area contributed by atoms with Crippen LogP contribution in [0.25, 0.3) is 0 Å². The number of carbonyl (C=O) groups is 2. The maximum Gasteiger partial charge on any atom is 0.251 e. The number of hydrogen-bond donors (Lipinski definition) is 2. The van der Waals surface area contributed by atoms with Gasteiger partial charge in [-0.15, -0.1) is 10.2 Å². The molecule has 166 valence electrons. The van der Waals surface area contributed by atoms with E-state index in [9.17, 15) is 9.59 Å². The van der Waals surface area contributed by atoms with Crippen LogP contribution in [0.5, 0.6) is 11.5 Å². The number of thioether (sulfide) groups is 1.